The molecule has 136 valence electrons. The second-order valence-electron chi connectivity index (χ2n) is 5.49. The van der Waals surface area contributed by atoms with Gasteiger partial charge in [-0.2, -0.15) is 0 Å². The Balaban J connectivity index is 2.27. The van der Waals surface area contributed by atoms with Gasteiger partial charge in [0.15, 0.2) is 0 Å². The molecule has 0 saturated carbocycles. The minimum atomic E-state index is -0.346. The van der Waals surface area contributed by atoms with Crippen LogP contribution in [0.5, 0.6) is 5.75 Å². The molecule has 2 N–H and O–H groups in total. The maximum Gasteiger partial charge on any atom is 0.259 e. The van der Waals surface area contributed by atoms with Crippen LogP contribution < -0.4 is 15.4 Å². The van der Waals surface area contributed by atoms with Crippen molar-refractivity contribution in [2.45, 2.75) is 13.3 Å². The molecule has 0 spiro atoms. The first kappa shape index (κ1) is 19.7. The number of hydrogen-bond donors (Lipinski definition) is 2. The number of para-hydroxylation sites is 1. The first-order valence-electron chi connectivity index (χ1n) is 8.28. The first-order valence-corrected chi connectivity index (χ1v) is 9.08. The van der Waals surface area contributed by atoms with Crippen LogP contribution in [0.15, 0.2) is 59.6 Å². The van der Waals surface area contributed by atoms with E-state index < -0.39 is 0 Å². The second-order valence-corrected chi connectivity index (χ2v) is 6.40. The molecule has 2 rings (SSSR count). The largest absolute Gasteiger partial charge is 0.493 e. The lowest BCUT2D eigenvalue weighted by atomic mass is 10.1. The number of ether oxygens (including phenoxy) is 1. The van der Waals surface area contributed by atoms with Crippen molar-refractivity contribution in [3.05, 3.63) is 70.7 Å². The van der Waals surface area contributed by atoms with Gasteiger partial charge in [-0.15, -0.1) is 6.58 Å². The molecule has 0 fully saturated rings. The third-order valence-electron chi connectivity index (χ3n) is 3.47. The third-order valence-corrected chi connectivity index (χ3v) is 3.97. The van der Waals surface area contributed by atoms with Crippen molar-refractivity contribution >= 4 is 33.4 Å². The summed E-state index contributed by atoms with van der Waals surface area (Å²) in [6.07, 6.45) is 2.43. The smallest absolute Gasteiger partial charge is 0.259 e. The molecule has 2 aromatic rings. The maximum absolute atomic E-state index is 12.8. The lowest BCUT2D eigenvalue weighted by molar-refractivity contribution is 0.0959. The van der Waals surface area contributed by atoms with Gasteiger partial charge in [-0.3, -0.25) is 9.59 Å². The molecule has 2 amide bonds. The standard InChI is InChI=1S/C20H21BrN2O3/c1-3-11-22-19(24)15-7-5-6-8-17(15)23-20(25)16-13-14(21)9-10-18(16)26-12-4-2/h3,5-10,13H,1,4,11-12H2,2H3,(H,22,24)(H,23,25). The van der Waals surface area contributed by atoms with E-state index in [0.29, 0.717) is 35.7 Å². The SMILES string of the molecule is C=CCNC(=O)c1ccccc1NC(=O)c1cc(Br)ccc1OCCC. The molecule has 26 heavy (non-hydrogen) atoms. The number of benzene rings is 2. The summed E-state index contributed by atoms with van der Waals surface area (Å²) >= 11 is 3.38. The summed E-state index contributed by atoms with van der Waals surface area (Å²) in [5.41, 5.74) is 1.21. The van der Waals surface area contributed by atoms with Crippen molar-refractivity contribution < 1.29 is 14.3 Å². The van der Waals surface area contributed by atoms with Gasteiger partial charge in [0.05, 0.1) is 23.4 Å². The van der Waals surface area contributed by atoms with E-state index in [1.165, 1.54) is 0 Å². The fraction of sp³-hybridized carbons (Fsp3) is 0.200. The fourth-order valence-corrected chi connectivity index (χ4v) is 2.62. The highest BCUT2D eigenvalue weighted by Crippen LogP contribution is 2.25. The van der Waals surface area contributed by atoms with Gasteiger partial charge in [-0.05, 0) is 36.8 Å². The van der Waals surface area contributed by atoms with Gasteiger partial charge >= 0.3 is 0 Å². The zero-order valence-corrected chi connectivity index (χ0v) is 16.1. The zero-order chi connectivity index (χ0) is 18.9. The van der Waals surface area contributed by atoms with Crippen molar-refractivity contribution in [3.63, 3.8) is 0 Å². The first-order chi connectivity index (χ1) is 12.6. The highest BCUT2D eigenvalue weighted by molar-refractivity contribution is 9.10. The van der Waals surface area contributed by atoms with Crippen LogP contribution in [-0.4, -0.2) is 25.0 Å². The number of rotatable bonds is 8. The Hall–Kier alpha value is -2.60. The van der Waals surface area contributed by atoms with Gasteiger partial charge in [-0.25, -0.2) is 0 Å². The summed E-state index contributed by atoms with van der Waals surface area (Å²) in [6.45, 7) is 6.44. The van der Waals surface area contributed by atoms with Crippen LogP contribution in [0.25, 0.3) is 0 Å². The van der Waals surface area contributed by atoms with Crippen LogP contribution in [0.3, 0.4) is 0 Å². The van der Waals surface area contributed by atoms with E-state index >= 15 is 0 Å². The fourth-order valence-electron chi connectivity index (χ4n) is 2.26. The van der Waals surface area contributed by atoms with E-state index in [1.54, 1.807) is 42.5 Å². The molecule has 0 heterocycles. The summed E-state index contributed by atoms with van der Waals surface area (Å²) in [6, 6.07) is 12.1. The molecule has 0 unspecified atom stereocenters. The molecular formula is C20H21BrN2O3. The molecule has 6 heteroatoms. The van der Waals surface area contributed by atoms with Gasteiger partial charge in [0.2, 0.25) is 0 Å². The van der Waals surface area contributed by atoms with E-state index in [4.69, 9.17) is 4.74 Å². The van der Waals surface area contributed by atoms with E-state index in [1.807, 2.05) is 13.0 Å². The third kappa shape index (κ3) is 5.20. The molecule has 0 atom stereocenters. The summed E-state index contributed by atoms with van der Waals surface area (Å²) < 4.78 is 6.43. The number of anilines is 1. The Morgan fingerprint density at radius 3 is 2.65 bits per heavy atom. The molecule has 0 aliphatic rings. The predicted octanol–water partition coefficient (Wildman–Crippen LogP) is 4.41. The zero-order valence-electron chi connectivity index (χ0n) is 14.5. The second kappa shape index (κ2) is 9.77. The van der Waals surface area contributed by atoms with Gasteiger partial charge in [0.25, 0.3) is 11.8 Å². The Morgan fingerprint density at radius 2 is 1.92 bits per heavy atom. The topological polar surface area (TPSA) is 67.4 Å². The minimum absolute atomic E-state index is 0.280. The minimum Gasteiger partial charge on any atom is -0.493 e. The molecule has 0 saturated heterocycles. The molecule has 0 radical (unpaired) electrons. The number of nitrogens with one attached hydrogen (secondary N) is 2. The Kier molecular flexibility index (Phi) is 7.41. The van der Waals surface area contributed by atoms with Crippen molar-refractivity contribution in [1.82, 2.24) is 5.32 Å². The average Bonchev–Trinajstić information content (AvgIpc) is 2.65. The quantitative estimate of drug-likeness (QED) is 0.626. The van der Waals surface area contributed by atoms with Crippen LogP contribution in [0.4, 0.5) is 5.69 Å². The van der Waals surface area contributed by atoms with Gasteiger partial charge < -0.3 is 15.4 Å². The number of amides is 2. The van der Waals surface area contributed by atoms with Gasteiger partial charge in [-0.1, -0.05) is 41.1 Å². The normalized spacial score (nSPS) is 10.1. The van der Waals surface area contributed by atoms with Gasteiger partial charge in [0, 0.05) is 11.0 Å². The predicted molar refractivity (Wildman–Crippen MR) is 107 cm³/mol. The molecule has 0 bridgehead atoms. The molecule has 5 nitrogen and oxygen atoms in total. The van der Waals surface area contributed by atoms with Crippen LogP contribution in [-0.2, 0) is 0 Å². The summed E-state index contributed by atoms with van der Waals surface area (Å²) in [4.78, 5) is 25.0. The average molecular weight is 417 g/mol. The lowest BCUT2D eigenvalue weighted by Gasteiger charge is -2.14. The van der Waals surface area contributed by atoms with Crippen LogP contribution in [0.2, 0.25) is 0 Å². The summed E-state index contributed by atoms with van der Waals surface area (Å²) in [7, 11) is 0. The molecule has 0 aliphatic heterocycles. The highest BCUT2D eigenvalue weighted by atomic mass is 79.9. The van der Waals surface area contributed by atoms with Crippen LogP contribution >= 0.6 is 15.9 Å². The Morgan fingerprint density at radius 1 is 1.15 bits per heavy atom. The Labute approximate surface area is 161 Å². The van der Waals surface area contributed by atoms with E-state index in [-0.39, 0.29) is 11.8 Å². The van der Waals surface area contributed by atoms with E-state index in [2.05, 4.69) is 33.1 Å². The van der Waals surface area contributed by atoms with E-state index in [0.717, 1.165) is 10.9 Å². The molecule has 0 aliphatic carbocycles. The number of halogens is 1. The maximum atomic E-state index is 12.8. The summed E-state index contributed by atoms with van der Waals surface area (Å²) in [5, 5.41) is 5.51. The monoisotopic (exact) mass is 416 g/mol. The summed E-state index contributed by atoms with van der Waals surface area (Å²) in [5.74, 6) is -0.125. The Bertz CT molecular complexity index is 805. The number of hydrogen-bond acceptors (Lipinski definition) is 3. The number of carbonyl (C=O) groups excluding carboxylic acids is 2. The number of carbonyl (C=O) groups is 2. The van der Waals surface area contributed by atoms with Gasteiger partial charge in [0.1, 0.15) is 5.75 Å². The van der Waals surface area contributed by atoms with Crippen molar-refractivity contribution in [3.8, 4) is 5.75 Å². The van der Waals surface area contributed by atoms with E-state index in [9.17, 15) is 9.59 Å². The van der Waals surface area contributed by atoms with Crippen molar-refractivity contribution in [1.29, 1.82) is 0 Å². The van der Waals surface area contributed by atoms with Crippen LogP contribution in [0.1, 0.15) is 34.1 Å². The van der Waals surface area contributed by atoms with Crippen LogP contribution in [0, 0.1) is 0 Å². The van der Waals surface area contributed by atoms with Crippen molar-refractivity contribution in [2.24, 2.45) is 0 Å². The molecular weight excluding hydrogens is 396 g/mol. The van der Waals surface area contributed by atoms with Crippen molar-refractivity contribution in [2.75, 3.05) is 18.5 Å². The highest BCUT2D eigenvalue weighted by Gasteiger charge is 2.17. The lowest BCUT2D eigenvalue weighted by Crippen LogP contribution is -2.25. The molecule has 0 aromatic heterocycles. The molecule has 2 aromatic carbocycles.